The molecule has 2 aromatic carbocycles. The van der Waals surface area contributed by atoms with E-state index in [9.17, 15) is 4.79 Å². The Labute approximate surface area is 130 Å². The number of nitrogens with two attached hydrogens (primary N) is 1. The minimum atomic E-state index is -0.110. The van der Waals surface area contributed by atoms with Gasteiger partial charge in [0.25, 0.3) is 0 Å². The monoisotopic (exact) mass is 296 g/mol. The van der Waals surface area contributed by atoms with Gasteiger partial charge in [-0.3, -0.25) is 4.79 Å². The van der Waals surface area contributed by atoms with Crippen molar-refractivity contribution in [2.75, 3.05) is 18.1 Å². The lowest BCUT2D eigenvalue weighted by atomic mass is 10.0. The smallest absolute Gasteiger partial charge is 0.227 e. The number of carbonyl (C=O) groups is 1. The number of hydrogen-bond donors (Lipinski definition) is 1. The van der Waals surface area contributed by atoms with Crippen LogP contribution in [-0.4, -0.2) is 19.1 Å². The van der Waals surface area contributed by atoms with Gasteiger partial charge >= 0.3 is 0 Å². The predicted octanol–water partition coefficient (Wildman–Crippen LogP) is 2.89. The van der Waals surface area contributed by atoms with Gasteiger partial charge in [0.05, 0.1) is 12.2 Å². The molecule has 2 N–H and O–H groups in total. The number of ether oxygens (including phenoxy) is 1. The van der Waals surface area contributed by atoms with Crippen molar-refractivity contribution in [3.8, 4) is 5.75 Å². The highest BCUT2D eigenvalue weighted by atomic mass is 16.5. The number of benzene rings is 2. The van der Waals surface area contributed by atoms with E-state index in [1.165, 1.54) is 0 Å². The number of fused-ring (bicyclic) bond motifs is 1. The van der Waals surface area contributed by atoms with Crippen molar-refractivity contribution in [2.24, 2.45) is 5.73 Å². The fourth-order valence-electron chi connectivity index (χ4n) is 2.71. The van der Waals surface area contributed by atoms with Crippen LogP contribution in [0, 0.1) is 0 Å². The van der Waals surface area contributed by atoms with Crippen LogP contribution >= 0.6 is 0 Å². The first-order valence-corrected chi connectivity index (χ1v) is 7.58. The molecule has 0 bridgehead atoms. The summed E-state index contributed by atoms with van der Waals surface area (Å²) in [5, 5.41) is 0. The Kier molecular flexibility index (Phi) is 4.39. The van der Waals surface area contributed by atoms with Crippen LogP contribution in [0.15, 0.2) is 54.6 Å². The lowest BCUT2D eigenvalue weighted by molar-refractivity contribution is -0.119. The Morgan fingerprint density at radius 2 is 1.86 bits per heavy atom. The quantitative estimate of drug-likeness (QED) is 0.944. The van der Waals surface area contributed by atoms with Gasteiger partial charge in [0.1, 0.15) is 12.4 Å². The molecule has 1 aliphatic heterocycles. The summed E-state index contributed by atoms with van der Waals surface area (Å²) < 4.78 is 5.58. The molecule has 0 aromatic heterocycles. The van der Waals surface area contributed by atoms with Gasteiger partial charge in [-0.05, 0) is 24.1 Å². The third-order valence-corrected chi connectivity index (χ3v) is 3.93. The average molecular weight is 296 g/mol. The number of rotatable bonds is 4. The van der Waals surface area contributed by atoms with Crippen molar-refractivity contribution in [3.05, 3.63) is 60.2 Å². The molecule has 3 rings (SSSR count). The van der Waals surface area contributed by atoms with Gasteiger partial charge in [0.15, 0.2) is 0 Å². The van der Waals surface area contributed by atoms with Gasteiger partial charge in [-0.15, -0.1) is 0 Å². The summed E-state index contributed by atoms with van der Waals surface area (Å²) in [5.41, 5.74) is 8.09. The first kappa shape index (κ1) is 14.6. The molecule has 0 spiro atoms. The summed E-state index contributed by atoms with van der Waals surface area (Å²) in [6.07, 6.45) is 1.08. The Morgan fingerprint density at radius 1 is 1.14 bits per heavy atom. The third kappa shape index (κ3) is 3.12. The molecule has 2 aromatic rings. The molecule has 1 amide bonds. The molecule has 0 saturated carbocycles. The number of hydrogen-bond acceptors (Lipinski definition) is 3. The van der Waals surface area contributed by atoms with Crippen molar-refractivity contribution in [1.29, 1.82) is 0 Å². The molecule has 4 nitrogen and oxygen atoms in total. The van der Waals surface area contributed by atoms with Crippen molar-refractivity contribution >= 4 is 11.6 Å². The zero-order valence-corrected chi connectivity index (χ0v) is 12.4. The summed E-state index contributed by atoms with van der Waals surface area (Å²) in [6, 6.07) is 17.4. The topological polar surface area (TPSA) is 55.6 Å². The van der Waals surface area contributed by atoms with E-state index in [1.54, 1.807) is 4.90 Å². The lowest BCUT2D eigenvalue weighted by Gasteiger charge is -2.29. The minimum Gasteiger partial charge on any atom is -0.490 e. The molecule has 1 atom stereocenters. The van der Waals surface area contributed by atoms with Crippen molar-refractivity contribution in [2.45, 2.75) is 18.9 Å². The number of nitrogens with zero attached hydrogens (tertiary/aromatic N) is 1. The van der Waals surface area contributed by atoms with Crippen molar-refractivity contribution in [3.63, 3.8) is 0 Å². The van der Waals surface area contributed by atoms with E-state index in [0.29, 0.717) is 26.0 Å². The zero-order chi connectivity index (χ0) is 15.4. The van der Waals surface area contributed by atoms with E-state index in [4.69, 9.17) is 10.5 Å². The van der Waals surface area contributed by atoms with Crippen LogP contribution in [0.25, 0.3) is 0 Å². The average Bonchev–Trinajstić information content (AvgIpc) is 2.59. The lowest BCUT2D eigenvalue weighted by Crippen LogP contribution is -2.38. The summed E-state index contributed by atoms with van der Waals surface area (Å²) >= 11 is 0. The highest BCUT2D eigenvalue weighted by Crippen LogP contribution is 2.31. The highest BCUT2D eigenvalue weighted by Gasteiger charge is 2.23. The maximum atomic E-state index is 12.5. The van der Waals surface area contributed by atoms with Gasteiger partial charge in [0.2, 0.25) is 5.91 Å². The maximum Gasteiger partial charge on any atom is 0.227 e. The van der Waals surface area contributed by atoms with E-state index in [2.05, 4.69) is 0 Å². The van der Waals surface area contributed by atoms with Crippen LogP contribution in [0.2, 0.25) is 0 Å². The van der Waals surface area contributed by atoms with E-state index in [0.717, 1.165) is 17.0 Å². The van der Waals surface area contributed by atoms with Crippen LogP contribution in [0.1, 0.15) is 24.4 Å². The fraction of sp³-hybridized carbons (Fsp3) is 0.278. The van der Waals surface area contributed by atoms with Crippen LogP contribution in [0.5, 0.6) is 5.75 Å². The minimum absolute atomic E-state index is 0.0992. The zero-order valence-electron chi connectivity index (χ0n) is 12.4. The van der Waals surface area contributed by atoms with E-state index in [-0.39, 0.29) is 11.9 Å². The number of para-hydroxylation sites is 2. The van der Waals surface area contributed by atoms with Crippen LogP contribution in [-0.2, 0) is 4.79 Å². The molecular formula is C18H20N2O2. The first-order valence-electron chi connectivity index (χ1n) is 7.58. The molecule has 0 fully saturated rings. The number of anilines is 1. The van der Waals surface area contributed by atoms with E-state index >= 15 is 0 Å². The highest BCUT2D eigenvalue weighted by molar-refractivity contribution is 5.95. The molecule has 0 unspecified atom stereocenters. The Morgan fingerprint density at radius 3 is 2.68 bits per heavy atom. The van der Waals surface area contributed by atoms with Crippen LogP contribution < -0.4 is 15.4 Å². The maximum absolute atomic E-state index is 12.5. The second kappa shape index (κ2) is 6.62. The summed E-state index contributed by atoms with van der Waals surface area (Å²) in [6.45, 7) is 1.13. The molecule has 0 aliphatic carbocycles. The van der Waals surface area contributed by atoms with Crippen LogP contribution in [0.4, 0.5) is 5.69 Å². The molecule has 4 heteroatoms. The van der Waals surface area contributed by atoms with Gasteiger partial charge < -0.3 is 15.4 Å². The molecule has 22 heavy (non-hydrogen) atoms. The number of carbonyl (C=O) groups excluding carboxylic acids is 1. The second-order valence-electron chi connectivity index (χ2n) is 5.42. The van der Waals surface area contributed by atoms with Gasteiger partial charge in [0, 0.05) is 12.5 Å². The summed E-state index contributed by atoms with van der Waals surface area (Å²) in [4.78, 5) is 14.3. The standard InChI is InChI=1S/C18H20N2O2/c19-15(14-6-2-1-3-7-14)10-11-18(21)20-12-13-22-17-9-5-4-8-16(17)20/h1-9,15H,10-13,19H2/t15-/m1/s1. The SMILES string of the molecule is N[C@H](CCC(=O)N1CCOc2ccccc21)c1ccccc1. The normalized spacial score (nSPS) is 14.9. The molecule has 1 aliphatic rings. The van der Waals surface area contributed by atoms with Gasteiger partial charge in [-0.2, -0.15) is 0 Å². The van der Waals surface area contributed by atoms with Gasteiger partial charge in [-0.1, -0.05) is 42.5 Å². The predicted molar refractivity (Wildman–Crippen MR) is 86.9 cm³/mol. The summed E-state index contributed by atoms with van der Waals surface area (Å²) in [5.74, 6) is 0.872. The van der Waals surface area contributed by atoms with Crippen molar-refractivity contribution in [1.82, 2.24) is 0 Å². The van der Waals surface area contributed by atoms with E-state index < -0.39 is 0 Å². The molecule has 114 valence electrons. The Bertz CT molecular complexity index is 643. The van der Waals surface area contributed by atoms with Crippen molar-refractivity contribution < 1.29 is 9.53 Å². The Balaban J connectivity index is 1.64. The number of amides is 1. The van der Waals surface area contributed by atoms with E-state index in [1.807, 2.05) is 54.6 Å². The summed E-state index contributed by atoms with van der Waals surface area (Å²) in [7, 11) is 0. The fourth-order valence-corrected chi connectivity index (χ4v) is 2.71. The molecule has 1 heterocycles. The Hall–Kier alpha value is -2.33. The first-order chi connectivity index (χ1) is 10.8. The third-order valence-electron chi connectivity index (χ3n) is 3.93. The molecule has 0 radical (unpaired) electrons. The largest absolute Gasteiger partial charge is 0.490 e. The second-order valence-corrected chi connectivity index (χ2v) is 5.42. The molecule has 0 saturated heterocycles. The molecular weight excluding hydrogens is 276 g/mol. The van der Waals surface area contributed by atoms with Crippen LogP contribution in [0.3, 0.4) is 0 Å². The van der Waals surface area contributed by atoms with Gasteiger partial charge in [-0.25, -0.2) is 0 Å².